The molecule has 0 radical (unpaired) electrons. The van der Waals surface area contributed by atoms with Crippen LogP contribution in [0, 0.1) is 0 Å². The van der Waals surface area contributed by atoms with Gasteiger partial charge in [0.1, 0.15) is 5.76 Å². The number of hydrogen-bond acceptors (Lipinski definition) is 6. The van der Waals surface area contributed by atoms with Crippen molar-refractivity contribution in [3.8, 4) is 0 Å². The summed E-state index contributed by atoms with van der Waals surface area (Å²) in [7, 11) is 0. The first-order valence-corrected chi connectivity index (χ1v) is 6.13. The monoisotopic (exact) mass is 258 g/mol. The minimum Gasteiger partial charge on any atom is -0.360 e. The predicted molar refractivity (Wildman–Crippen MR) is 63.0 cm³/mol. The Labute approximate surface area is 102 Å². The molecule has 0 atom stereocenters. The molecule has 17 heavy (non-hydrogen) atoms. The van der Waals surface area contributed by atoms with Crippen molar-refractivity contribution in [2.75, 3.05) is 12.3 Å². The second-order valence-electron chi connectivity index (χ2n) is 3.10. The quantitative estimate of drug-likeness (QED) is 0.365. The lowest BCUT2D eigenvalue weighted by Gasteiger charge is -1.99. The van der Waals surface area contributed by atoms with E-state index < -0.39 is 5.91 Å². The number of nitrogens with two attached hydrogens (primary N) is 1. The van der Waals surface area contributed by atoms with Crippen LogP contribution in [-0.4, -0.2) is 29.3 Å². The molecule has 0 aromatic carbocycles. The third kappa shape index (κ3) is 4.45. The number of aromatic nitrogens is 1. The van der Waals surface area contributed by atoms with Crippen molar-refractivity contribution in [1.82, 2.24) is 15.9 Å². The van der Waals surface area contributed by atoms with Crippen LogP contribution in [0.15, 0.2) is 10.6 Å². The van der Waals surface area contributed by atoms with Gasteiger partial charge in [-0.15, -0.1) is 11.8 Å². The van der Waals surface area contributed by atoms with Gasteiger partial charge in [-0.1, -0.05) is 5.16 Å². The lowest BCUT2D eigenvalue weighted by atomic mass is 10.4. The maximum atomic E-state index is 11.1. The zero-order valence-electron chi connectivity index (χ0n) is 9.36. The van der Waals surface area contributed by atoms with Crippen molar-refractivity contribution < 1.29 is 14.1 Å². The van der Waals surface area contributed by atoms with Crippen LogP contribution >= 0.6 is 11.8 Å². The molecular weight excluding hydrogens is 244 g/mol. The van der Waals surface area contributed by atoms with Gasteiger partial charge in [0.15, 0.2) is 5.69 Å². The maximum absolute atomic E-state index is 11.1. The van der Waals surface area contributed by atoms with E-state index in [9.17, 15) is 9.59 Å². The van der Waals surface area contributed by atoms with Crippen LogP contribution in [-0.2, 0) is 10.5 Å². The third-order valence-electron chi connectivity index (χ3n) is 1.77. The van der Waals surface area contributed by atoms with Crippen molar-refractivity contribution >= 4 is 23.6 Å². The fraction of sp³-hybridized carbons (Fsp3) is 0.444. The Morgan fingerprint density at radius 2 is 2.35 bits per heavy atom. The first-order valence-electron chi connectivity index (χ1n) is 4.98. The Bertz CT molecular complexity index is 393. The highest BCUT2D eigenvalue weighted by atomic mass is 32.2. The van der Waals surface area contributed by atoms with Crippen LogP contribution in [0.2, 0.25) is 0 Å². The summed E-state index contributed by atoms with van der Waals surface area (Å²) < 4.78 is 4.91. The molecule has 7 nitrogen and oxygen atoms in total. The lowest BCUT2D eigenvalue weighted by Crippen LogP contribution is -2.30. The molecule has 8 heteroatoms. The number of nitrogen functional groups attached to an aromatic ring is 1. The first-order chi connectivity index (χ1) is 8.17. The smallest absolute Gasteiger partial charge is 0.287 e. The molecular formula is C9H14N4O3S. The lowest BCUT2D eigenvalue weighted by molar-refractivity contribution is -0.118. The standard InChI is InChI=1S/C9H14N4O3S/c1-2-11-8(14)5-17-4-6-3-7(13-16-6)9(15)12-10/h3H,2,4-5,10H2,1H3,(H,11,14)(H,12,15). The van der Waals surface area contributed by atoms with E-state index in [0.717, 1.165) is 0 Å². The van der Waals surface area contributed by atoms with Gasteiger partial charge < -0.3 is 9.84 Å². The average molecular weight is 258 g/mol. The molecule has 0 unspecified atom stereocenters. The second kappa shape index (κ2) is 6.92. The number of carbonyl (C=O) groups is 2. The zero-order chi connectivity index (χ0) is 12.7. The van der Waals surface area contributed by atoms with E-state index in [1.54, 1.807) is 0 Å². The Balaban J connectivity index is 2.35. The summed E-state index contributed by atoms with van der Waals surface area (Å²) >= 11 is 1.38. The Hall–Kier alpha value is -1.54. The zero-order valence-corrected chi connectivity index (χ0v) is 10.2. The van der Waals surface area contributed by atoms with Gasteiger partial charge in [-0.2, -0.15) is 0 Å². The predicted octanol–water partition coefficient (Wildman–Crippen LogP) is -0.353. The molecule has 1 rings (SSSR count). The van der Waals surface area contributed by atoms with Gasteiger partial charge in [-0.25, -0.2) is 5.84 Å². The van der Waals surface area contributed by atoms with Crippen LogP contribution in [0.4, 0.5) is 0 Å². The highest BCUT2D eigenvalue weighted by molar-refractivity contribution is 7.99. The molecule has 2 amide bonds. The van der Waals surface area contributed by atoms with Crippen molar-refractivity contribution in [2.45, 2.75) is 12.7 Å². The molecule has 0 saturated heterocycles. The summed E-state index contributed by atoms with van der Waals surface area (Å²) in [5.41, 5.74) is 2.08. The van der Waals surface area contributed by atoms with Crippen LogP contribution in [0.3, 0.4) is 0 Å². The number of rotatable bonds is 6. The first kappa shape index (κ1) is 13.5. The van der Waals surface area contributed by atoms with Gasteiger partial charge in [0, 0.05) is 12.6 Å². The summed E-state index contributed by atoms with van der Waals surface area (Å²) in [6.07, 6.45) is 0. The summed E-state index contributed by atoms with van der Waals surface area (Å²) in [6.45, 7) is 2.47. The molecule has 1 aromatic rings. The average Bonchev–Trinajstić information content (AvgIpc) is 2.77. The normalized spacial score (nSPS) is 10.0. The van der Waals surface area contributed by atoms with Gasteiger partial charge in [0.05, 0.1) is 11.5 Å². The summed E-state index contributed by atoms with van der Waals surface area (Å²) in [5, 5.41) is 6.22. The number of nitrogens with one attached hydrogen (secondary N) is 2. The minimum absolute atomic E-state index is 0.0306. The van der Waals surface area contributed by atoms with Crippen molar-refractivity contribution in [3.63, 3.8) is 0 Å². The van der Waals surface area contributed by atoms with Crippen LogP contribution in [0.25, 0.3) is 0 Å². The molecule has 1 heterocycles. The van der Waals surface area contributed by atoms with Gasteiger partial charge in [-0.3, -0.25) is 15.0 Å². The number of thioether (sulfide) groups is 1. The van der Waals surface area contributed by atoms with Crippen LogP contribution in [0.5, 0.6) is 0 Å². The highest BCUT2D eigenvalue weighted by Gasteiger charge is 2.11. The Morgan fingerprint density at radius 3 is 3.00 bits per heavy atom. The second-order valence-corrected chi connectivity index (χ2v) is 4.08. The van der Waals surface area contributed by atoms with E-state index in [1.165, 1.54) is 17.8 Å². The molecule has 1 aromatic heterocycles. The number of nitrogens with zero attached hydrogens (tertiary/aromatic N) is 1. The molecule has 4 N–H and O–H groups in total. The maximum Gasteiger partial charge on any atom is 0.287 e. The van der Waals surface area contributed by atoms with E-state index in [-0.39, 0.29) is 11.6 Å². The van der Waals surface area contributed by atoms with Gasteiger partial charge in [0.25, 0.3) is 5.91 Å². The minimum atomic E-state index is -0.506. The number of amides is 2. The van der Waals surface area contributed by atoms with E-state index in [2.05, 4.69) is 10.5 Å². The fourth-order valence-electron chi connectivity index (χ4n) is 1.05. The molecule has 0 aliphatic rings. The number of hydrogen-bond donors (Lipinski definition) is 3. The van der Waals surface area contributed by atoms with Gasteiger partial charge >= 0.3 is 0 Å². The van der Waals surface area contributed by atoms with E-state index in [0.29, 0.717) is 23.8 Å². The summed E-state index contributed by atoms with van der Waals surface area (Å²) in [4.78, 5) is 22.2. The number of hydrazine groups is 1. The molecule has 0 spiro atoms. The van der Waals surface area contributed by atoms with E-state index in [4.69, 9.17) is 10.4 Å². The molecule has 0 fully saturated rings. The molecule has 0 bridgehead atoms. The highest BCUT2D eigenvalue weighted by Crippen LogP contribution is 2.12. The Morgan fingerprint density at radius 1 is 1.59 bits per heavy atom. The summed E-state index contributed by atoms with van der Waals surface area (Å²) in [6, 6.07) is 1.49. The molecule has 0 saturated carbocycles. The summed E-state index contributed by atoms with van der Waals surface area (Å²) in [5.74, 6) is 5.75. The molecule has 0 aliphatic carbocycles. The van der Waals surface area contributed by atoms with Crippen molar-refractivity contribution in [1.29, 1.82) is 0 Å². The van der Waals surface area contributed by atoms with Crippen LogP contribution in [0.1, 0.15) is 23.2 Å². The van der Waals surface area contributed by atoms with Crippen molar-refractivity contribution in [3.05, 3.63) is 17.5 Å². The SMILES string of the molecule is CCNC(=O)CSCc1cc(C(=O)NN)no1. The van der Waals surface area contributed by atoms with Gasteiger partial charge in [-0.05, 0) is 6.92 Å². The van der Waals surface area contributed by atoms with Crippen LogP contribution < -0.4 is 16.6 Å². The van der Waals surface area contributed by atoms with Gasteiger partial charge in [0.2, 0.25) is 5.91 Å². The van der Waals surface area contributed by atoms with E-state index >= 15 is 0 Å². The largest absolute Gasteiger partial charge is 0.360 e. The Kier molecular flexibility index (Phi) is 5.50. The van der Waals surface area contributed by atoms with E-state index in [1.807, 2.05) is 12.3 Å². The number of carbonyl (C=O) groups excluding carboxylic acids is 2. The third-order valence-corrected chi connectivity index (χ3v) is 2.73. The molecule has 94 valence electrons. The topological polar surface area (TPSA) is 110 Å². The van der Waals surface area contributed by atoms with Crippen molar-refractivity contribution in [2.24, 2.45) is 5.84 Å². The molecule has 0 aliphatic heterocycles. The fourth-order valence-corrected chi connectivity index (χ4v) is 1.78.